The van der Waals surface area contributed by atoms with Gasteiger partial charge >= 0.3 is 6.09 Å². The van der Waals surface area contributed by atoms with Gasteiger partial charge in [0.25, 0.3) is 0 Å². The van der Waals surface area contributed by atoms with Crippen molar-refractivity contribution < 1.29 is 14.3 Å². The lowest BCUT2D eigenvalue weighted by Gasteiger charge is -2.39. The Morgan fingerprint density at radius 1 is 1.24 bits per heavy atom. The van der Waals surface area contributed by atoms with Gasteiger partial charge in [-0.05, 0) is 39.8 Å². The molecule has 21 heavy (non-hydrogen) atoms. The van der Waals surface area contributed by atoms with Gasteiger partial charge in [-0.1, -0.05) is 0 Å². The Bertz CT molecular complexity index is 474. The smallest absolute Gasteiger partial charge is 0.410 e. The number of rotatable bonds is 2. The number of ether oxygens (including phenoxy) is 2. The number of hydrogen-bond donors (Lipinski definition) is 0. The fourth-order valence-corrected chi connectivity index (χ4v) is 2.28. The molecule has 0 aliphatic carbocycles. The van der Waals surface area contributed by atoms with E-state index in [2.05, 4.69) is 11.9 Å². The maximum Gasteiger partial charge on any atom is 0.410 e. The Labute approximate surface area is 126 Å². The molecular weight excluding hydrogens is 268 g/mol. The first kappa shape index (κ1) is 15.6. The van der Waals surface area contributed by atoms with E-state index in [-0.39, 0.29) is 11.7 Å². The summed E-state index contributed by atoms with van der Waals surface area (Å²) in [4.78, 5) is 17.8. The minimum Gasteiger partial charge on any atom is -0.487 e. The lowest BCUT2D eigenvalue weighted by atomic mass is 9.93. The van der Waals surface area contributed by atoms with Crippen molar-refractivity contribution in [2.45, 2.75) is 51.7 Å². The minimum atomic E-state index is -0.453. The summed E-state index contributed by atoms with van der Waals surface area (Å²) in [5, 5.41) is 0. The molecule has 1 fully saturated rings. The lowest BCUT2D eigenvalue weighted by molar-refractivity contribution is -0.00983. The van der Waals surface area contributed by atoms with Crippen LogP contribution in [0.1, 0.15) is 40.5 Å². The van der Waals surface area contributed by atoms with Crippen molar-refractivity contribution in [3.05, 3.63) is 24.5 Å². The second kappa shape index (κ2) is 5.92. The van der Waals surface area contributed by atoms with Gasteiger partial charge in [0.15, 0.2) is 0 Å². The zero-order chi connectivity index (χ0) is 15.5. The van der Waals surface area contributed by atoms with Crippen molar-refractivity contribution in [3.63, 3.8) is 0 Å². The average Bonchev–Trinajstić information content (AvgIpc) is 2.38. The normalized spacial score (nSPS) is 18.2. The van der Waals surface area contributed by atoms with Gasteiger partial charge < -0.3 is 14.4 Å². The Kier molecular flexibility index (Phi) is 4.40. The Morgan fingerprint density at radius 3 is 2.33 bits per heavy atom. The zero-order valence-electron chi connectivity index (χ0n) is 13.3. The van der Waals surface area contributed by atoms with Crippen LogP contribution in [-0.2, 0) is 4.74 Å². The van der Waals surface area contributed by atoms with E-state index in [1.807, 2.05) is 32.9 Å². The number of hydrogen-bond acceptors (Lipinski definition) is 4. The van der Waals surface area contributed by atoms with Crippen molar-refractivity contribution in [3.8, 4) is 5.75 Å². The molecular formula is C16H24N2O3. The summed E-state index contributed by atoms with van der Waals surface area (Å²) in [5.41, 5.74) is -0.703. The highest BCUT2D eigenvalue weighted by Crippen LogP contribution is 2.28. The van der Waals surface area contributed by atoms with Crippen molar-refractivity contribution in [1.29, 1.82) is 0 Å². The molecule has 2 rings (SSSR count). The maximum absolute atomic E-state index is 12.0. The molecule has 0 bridgehead atoms. The summed E-state index contributed by atoms with van der Waals surface area (Å²) in [6.45, 7) is 9.02. The molecule has 5 nitrogen and oxygen atoms in total. The van der Waals surface area contributed by atoms with Gasteiger partial charge in [-0.15, -0.1) is 0 Å². The predicted molar refractivity (Wildman–Crippen MR) is 80.3 cm³/mol. The summed E-state index contributed by atoms with van der Waals surface area (Å²) in [6, 6.07) is 3.71. The van der Waals surface area contributed by atoms with Gasteiger partial charge in [-0.25, -0.2) is 4.79 Å². The van der Waals surface area contributed by atoms with Crippen molar-refractivity contribution in [1.82, 2.24) is 9.88 Å². The molecule has 5 heteroatoms. The fraction of sp³-hybridized carbons (Fsp3) is 0.625. The highest BCUT2D eigenvalue weighted by Gasteiger charge is 2.35. The fourth-order valence-electron chi connectivity index (χ4n) is 2.28. The van der Waals surface area contributed by atoms with Crippen LogP contribution in [0.2, 0.25) is 0 Å². The van der Waals surface area contributed by atoms with Gasteiger partial charge in [-0.3, -0.25) is 4.98 Å². The molecule has 0 unspecified atom stereocenters. The number of nitrogens with zero attached hydrogens (tertiary/aromatic N) is 2. The second-order valence-electron chi connectivity index (χ2n) is 6.70. The van der Waals surface area contributed by atoms with E-state index in [0.717, 1.165) is 18.6 Å². The first-order valence-electron chi connectivity index (χ1n) is 7.34. The van der Waals surface area contributed by atoms with E-state index in [1.165, 1.54) is 0 Å². The molecule has 1 aromatic rings. The summed E-state index contributed by atoms with van der Waals surface area (Å²) in [6.07, 6.45) is 4.76. The number of aromatic nitrogens is 1. The van der Waals surface area contributed by atoms with E-state index in [4.69, 9.17) is 9.47 Å². The predicted octanol–water partition coefficient (Wildman–Crippen LogP) is 3.25. The lowest BCUT2D eigenvalue weighted by Crippen LogP contribution is -2.49. The standard InChI is InChI=1S/C16H24N2O3/c1-15(2,3)21-14(19)18-11-7-16(4,8-12-18)20-13-5-9-17-10-6-13/h5-6,9-10H,7-8,11-12H2,1-4H3. The highest BCUT2D eigenvalue weighted by molar-refractivity contribution is 5.68. The zero-order valence-corrected chi connectivity index (χ0v) is 13.3. The van der Waals surface area contributed by atoms with Crippen LogP contribution in [0.15, 0.2) is 24.5 Å². The molecule has 116 valence electrons. The van der Waals surface area contributed by atoms with E-state index in [9.17, 15) is 4.79 Å². The summed E-state index contributed by atoms with van der Waals surface area (Å²) >= 11 is 0. The Hall–Kier alpha value is -1.78. The highest BCUT2D eigenvalue weighted by atomic mass is 16.6. The number of carbonyl (C=O) groups is 1. The number of amides is 1. The molecule has 0 N–H and O–H groups in total. The molecule has 1 aliphatic rings. The van der Waals surface area contributed by atoms with E-state index < -0.39 is 5.60 Å². The monoisotopic (exact) mass is 292 g/mol. The van der Waals surface area contributed by atoms with E-state index >= 15 is 0 Å². The number of likely N-dealkylation sites (tertiary alicyclic amines) is 1. The molecule has 1 aliphatic heterocycles. The quantitative estimate of drug-likeness (QED) is 0.839. The number of carbonyl (C=O) groups excluding carboxylic acids is 1. The topological polar surface area (TPSA) is 51.7 Å². The molecule has 2 heterocycles. The van der Waals surface area contributed by atoms with Crippen molar-refractivity contribution in [2.75, 3.05) is 13.1 Å². The van der Waals surface area contributed by atoms with Crippen molar-refractivity contribution >= 4 is 6.09 Å². The van der Waals surface area contributed by atoms with Gasteiger partial charge in [-0.2, -0.15) is 0 Å². The van der Waals surface area contributed by atoms with Crippen LogP contribution in [0, 0.1) is 0 Å². The largest absolute Gasteiger partial charge is 0.487 e. The Morgan fingerprint density at radius 2 is 1.81 bits per heavy atom. The Balaban J connectivity index is 1.89. The van der Waals surface area contributed by atoms with Crippen molar-refractivity contribution in [2.24, 2.45) is 0 Å². The minimum absolute atomic E-state index is 0.242. The van der Waals surface area contributed by atoms with Crippen LogP contribution in [0.3, 0.4) is 0 Å². The molecule has 1 saturated heterocycles. The van der Waals surface area contributed by atoms with Crippen LogP contribution in [0.25, 0.3) is 0 Å². The van der Waals surface area contributed by atoms with E-state index in [0.29, 0.717) is 13.1 Å². The SMILES string of the molecule is CC(C)(C)OC(=O)N1CCC(C)(Oc2ccncc2)CC1. The number of piperidine rings is 1. The van der Waals surface area contributed by atoms with Gasteiger partial charge in [0, 0.05) is 38.3 Å². The summed E-state index contributed by atoms with van der Waals surface area (Å²) in [7, 11) is 0. The molecule has 1 aromatic heterocycles. The van der Waals surface area contributed by atoms with Crippen LogP contribution < -0.4 is 4.74 Å². The third-order valence-corrected chi connectivity index (χ3v) is 3.49. The summed E-state index contributed by atoms with van der Waals surface area (Å²) < 4.78 is 11.5. The molecule has 0 atom stereocenters. The third-order valence-electron chi connectivity index (χ3n) is 3.49. The molecule has 0 saturated carbocycles. The van der Waals surface area contributed by atoms with Crippen LogP contribution >= 0.6 is 0 Å². The second-order valence-corrected chi connectivity index (χ2v) is 6.70. The average molecular weight is 292 g/mol. The molecule has 0 radical (unpaired) electrons. The van der Waals surface area contributed by atoms with Gasteiger partial charge in [0.05, 0.1) is 0 Å². The van der Waals surface area contributed by atoms with Gasteiger partial charge in [0.2, 0.25) is 0 Å². The summed E-state index contributed by atoms with van der Waals surface area (Å²) in [5.74, 6) is 0.818. The van der Waals surface area contributed by atoms with Crippen LogP contribution in [0.4, 0.5) is 4.79 Å². The van der Waals surface area contributed by atoms with Crippen LogP contribution in [-0.4, -0.2) is 40.3 Å². The first-order chi connectivity index (χ1) is 9.77. The molecule has 0 aromatic carbocycles. The number of pyridine rings is 1. The van der Waals surface area contributed by atoms with E-state index in [1.54, 1.807) is 17.3 Å². The molecule has 0 spiro atoms. The maximum atomic E-state index is 12.0. The van der Waals surface area contributed by atoms with Crippen LogP contribution in [0.5, 0.6) is 5.75 Å². The third kappa shape index (κ3) is 4.62. The van der Waals surface area contributed by atoms with Gasteiger partial charge in [0.1, 0.15) is 17.0 Å². The molecule has 1 amide bonds. The first-order valence-corrected chi connectivity index (χ1v) is 7.34.